The summed E-state index contributed by atoms with van der Waals surface area (Å²) in [6.45, 7) is 13.9. The first-order valence-electron chi connectivity index (χ1n) is 19.5. The largest absolute Gasteiger partial charge is 0.310 e. The molecule has 8 aromatic rings. The highest BCUT2D eigenvalue weighted by atomic mass is 15.1. The fourth-order valence-corrected chi connectivity index (χ4v) is 8.81. The highest BCUT2D eigenvalue weighted by Crippen LogP contribution is 2.52. The first kappa shape index (κ1) is 34.6. The van der Waals surface area contributed by atoms with Gasteiger partial charge in [-0.3, -0.25) is 0 Å². The summed E-state index contributed by atoms with van der Waals surface area (Å²) in [5.74, 6) is 0. The van der Waals surface area contributed by atoms with E-state index in [4.69, 9.17) is 0 Å². The van der Waals surface area contributed by atoms with Gasteiger partial charge in [0.05, 0.1) is 5.69 Å². The molecule has 0 aromatic heterocycles. The van der Waals surface area contributed by atoms with E-state index in [0.29, 0.717) is 0 Å². The first-order chi connectivity index (χ1) is 26.6. The number of aryl methyl sites for hydroxylation is 1. The second kappa shape index (κ2) is 13.3. The SMILES string of the molecule is Cc1ccc(C=Cc2ccc3c(c2)C(C)(C)c2cc(N(c4ccc(-c5ccccc5)cc4)c4cc5ccccc5c5ccccc45)ccc2-3)cc1C(C)(C)C. The van der Waals surface area contributed by atoms with Crippen LogP contribution < -0.4 is 4.90 Å². The van der Waals surface area contributed by atoms with Crippen LogP contribution in [0.5, 0.6) is 0 Å². The third kappa shape index (κ3) is 6.15. The molecule has 0 amide bonds. The van der Waals surface area contributed by atoms with Crippen molar-refractivity contribution < 1.29 is 0 Å². The molecule has 0 N–H and O–H groups in total. The van der Waals surface area contributed by atoms with Gasteiger partial charge in [-0.2, -0.15) is 0 Å². The number of hydrogen-bond acceptors (Lipinski definition) is 1. The van der Waals surface area contributed by atoms with Crippen LogP contribution in [0, 0.1) is 6.92 Å². The Bertz CT molecular complexity index is 2760. The van der Waals surface area contributed by atoms with Crippen molar-refractivity contribution in [3.05, 3.63) is 197 Å². The third-order valence-corrected chi connectivity index (χ3v) is 11.7. The topological polar surface area (TPSA) is 3.24 Å². The van der Waals surface area contributed by atoms with E-state index in [0.717, 1.165) is 11.4 Å². The molecule has 55 heavy (non-hydrogen) atoms. The molecule has 8 aromatic carbocycles. The fraction of sp³-hybridized carbons (Fsp3) is 0.148. The Morgan fingerprint density at radius 3 is 1.78 bits per heavy atom. The molecule has 0 spiro atoms. The lowest BCUT2D eigenvalue weighted by atomic mass is 9.81. The molecule has 0 unspecified atom stereocenters. The molecular weight excluding hydrogens is 663 g/mol. The zero-order valence-corrected chi connectivity index (χ0v) is 32.7. The van der Waals surface area contributed by atoms with Crippen molar-refractivity contribution in [2.24, 2.45) is 0 Å². The summed E-state index contributed by atoms with van der Waals surface area (Å²) in [4.78, 5) is 2.46. The van der Waals surface area contributed by atoms with E-state index in [-0.39, 0.29) is 10.8 Å². The summed E-state index contributed by atoms with van der Waals surface area (Å²) < 4.78 is 0. The van der Waals surface area contributed by atoms with Crippen molar-refractivity contribution >= 4 is 50.8 Å². The summed E-state index contributed by atoms with van der Waals surface area (Å²) in [6.07, 6.45) is 4.53. The van der Waals surface area contributed by atoms with Crippen LogP contribution in [0.2, 0.25) is 0 Å². The van der Waals surface area contributed by atoms with Crippen LogP contribution in [0.1, 0.15) is 68.0 Å². The van der Waals surface area contributed by atoms with Gasteiger partial charge in [0.15, 0.2) is 0 Å². The van der Waals surface area contributed by atoms with Gasteiger partial charge in [-0.15, -0.1) is 0 Å². The molecule has 0 saturated carbocycles. The Kier molecular flexibility index (Phi) is 8.35. The standard InChI is InChI=1S/C54H47N/c1-36-20-21-37(32-49(36)53(2,3)4)22-23-38-24-30-46-47-31-29-43(35-51(47)54(5,6)50(46)33-38)55(42-27-25-40(26-28-42)39-14-8-7-9-15-39)52-34-41-16-10-11-17-44(41)45-18-12-13-19-48(45)52/h7-35H,1-6H3. The van der Waals surface area contributed by atoms with Gasteiger partial charge in [0, 0.05) is 22.2 Å². The van der Waals surface area contributed by atoms with Crippen molar-refractivity contribution in [1.82, 2.24) is 0 Å². The molecule has 1 nitrogen and oxygen atoms in total. The average molecular weight is 710 g/mol. The van der Waals surface area contributed by atoms with Crippen molar-refractivity contribution in [3.63, 3.8) is 0 Å². The van der Waals surface area contributed by atoms with E-state index in [1.807, 2.05) is 0 Å². The van der Waals surface area contributed by atoms with Crippen molar-refractivity contribution in [3.8, 4) is 22.3 Å². The summed E-state index contributed by atoms with van der Waals surface area (Å²) in [5, 5.41) is 5.00. The van der Waals surface area contributed by atoms with Crippen molar-refractivity contribution in [1.29, 1.82) is 0 Å². The second-order valence-electron chi connectivity index (χ2n) is 16.7. The molecule has 1 aliphatic carbocycles. The van der Waals surface area contributed by atoms with Gasteiger partial charge in [0.2, 0.25) is 0 Å². The van der Waals surface area contributed by atoms with E-state index < -0.39 is 0 Å². The maximum absolute atomic E-state index is 2.46. The van der Waals surface area contributed by atoms with Crippen molar-refractivity contribution in [2.45, 2.75) is 52.4 Å². The van der Waals surface area contributed by atoms with Crippen LogP contribution in [0.3, 0.4) is 0 Å². The van der Waals surface area contributed by atoms with Crippen LogP contribution in [-0.2, 0) is 10.8 Å². The highest BCUT2D eigenvalue weighted by molar-refractivity contribution is 6.14. The first-order valence-corrected chi connectivity index (χ1v) is 19.5. The van der Waals surface area contributed by atoms with Crippen LogP contribution in [0.15, 0.2) is 164 Å². The molecule has 0 radical (unpaired) electrons. The quantitative estimate of drug-likeness (QED) is 0.123. The van der Waals surface area contributed by atoms with E-state index >= 15 is 0 Å². The molecule has 0 heterocycles. The minimum absolute atomic E-state index is 0.110. The number of nitrogens with zero attached hydrogens (tertiary/aromatic N) is 1. The lowest BCUT2D eigenvalue weighted by molar-refractivity contribution is 0.586. The lowest BCUT2D eigenvalue weighted by Crippen LogP contribution is -2.17. The Labute approximate surface area is 326 Å². The van der Waals surface area contributed by atoms with Crippen LogP contribution in [-0.4, -0.2) is 0 Å². The summed E-state index contributed by atoms with van der Waals surface area (Å²) in [7, 11) is 0. The maximum Gasteiger partial charge on any atom is 0.0546 e. The summed E-state index contributed by atoms with van der Waals surface area (Å²) in [5.41, 5.74) is 16.4. The predicted molar refractivity (Wildman–Crippen MR) is 238 cm³/mol. The Hall–Kier alpha value is -6.18. The monoisotopic (exact) mass is 709 g/mol. The predicted octanol–water partition coefficient (Wildman–Crippen LogP) is 15.2. The van der Waals surface area contributed by atoms with E-state index in [2.05, 4.69) is 222 Å². The van der Waals surface area contributed by atoms with Gasteiger partial charge in [-0.1, -0.05) is 180 Å². The van der Waals surface area contributed by atoms with Crippen LogP contribution in [0.25, 0.3) is 56.0 Å². The number of anilines is 3. The second-order valence-corrected chi connectivity index (χ2v) is 16.7. The van der Waals surface area contributed by atoms with Gasteiger partial charge < -0.3 is 4.90 Å². The number of benzene rings is 8. The van der Waals surface area contributed by atoms with Gasteiger partial charge in [-0.25, -0.2) is 0 Å². The summed E-state index contributed by atoms with van der Waals surface area (Å²) in [6, 6.07) is 60.6. The fourth-order valence-electron chi connectivity index (χ4n) is 8.81. The Morgan fingerprint density at radius 2 is 1.05 bits per heavy atom. The van der Waals surface area contributed by atoms with E-state index in [1.54, 1.807) is 0 Å². The van der Waals surface area contributed by atoms with Gasteiger partial charge in [-0.05, 0) is 114 Å². The molecule has 0 fully saturated rings. The molecule has 0 bridgehead atoms. The maximum atomic E-state index is 2.46. The van der Waals surface area contributed by atoms with Crippen LogP contribution >= 0.6 is 0 Å². The molecule has 268 valence electrons. The van der Waals surface area contributed by atoms with Gasteiger partial charge >= 0.3 is 0 Å². The Balaban J connectivity index is 1.15. The molecule has 1 heteroatoms. The minimum atomic E-state index is -0.178. The van der Waals surface area contributed by atoms with E-state index in [1.165, 1.54) is 82.9 Å². The lowest BCUT2D eigenvalue weighted by Gasteiger charge is -2.29. The zero-order valence-electron chi connectivity index (χ0n) is 32.7. The molecule has 0 aliphatic heterocycles. The van der Waals surface area contributed by atoms with Crippen molar-refractivity contribution in [2.75, 3.05) is 4.90 Å². The van der Waals surface area contributed by atoms with Crippen LogP contribution in [0.4, 0.5) is 17.1 Å². The molecular formula is C54H47N. The third-order valence-electron chi connectivity index (χ3n) is 11.7. The molecule has 0 saturated heterocycles. The smallest absolute Gasteiger partial charge is 0.0546 e. The molecule has 1 aliphatic rings. The average Bonchev–Trinajstić information content (AvgIpc) is 3.42. The Morgan fingerprint density at radius 1 is 0.491 bits per heavy atom. The normalized spacial score (nSPS) is 13.3. The minimum Gasteiger partial charge on any atom is -0.310 e. The van der Waals surface area contributed by atoms with Gasteiger partial charge in [0.1, 0.15) is 0 Å². The number of hydrogen-bond donors (Lipinski definition) is 0. The van der Waals surface area contributed by atoms with Gasteiger partial charge in [0.25, 0.3) is 0 Å². The number of fused-ring (bicyclic) bond motifs is 6. The molecule has 9 rings (SSSR count). The summed E-state index contributed by atoms with van der Waals surface area (Å²) >= 11 is 0. The van der Waals surface area contributed by atoms with E-state index in [9.17, 15) is 0 Å². The highest BCUT2D eigenvalue weighted by Gasteiger charge is 2.36. The molecule has 0 atom stereocenters. The zero-order chi connectivity index (χ0) is 37.9. The number of rotatable bonds is 6.